The summed E-state index contributed by atoms with van der Waals surface area (Å²) in [7, 11) is -2.85. The second kappa shape index (κ2) is 11.1. The van der Waals surface area contributed by atoms with Crippen LogP contribution in [0.15, 0.2) is 41.9 Å². The second-order valence-corrected chi connectivity index (χ2v) is 13.1. The van der Waals surface area contributed by atoms with Crippen molar-refractivity contribution >= 4 is 65.5 Å². The molecule has 0 saturated carbocycles. The minimum absolute atomic E-state index is 0.276. The SMILES string of the molecule is C=CCn1c(=NC(=O)CS(=O)(=O)CC(=O)Nc2sc3c(c2C(=O)OC)CCC(C)C3)sc2ccccc21. The zero-order valence-corrected chi connectivity index (χ0v) is 22.9. The van der Waals surface area contributed by atoms with E-state index in [-0.39, 0.29) is 10.6 Å². The maximum Gasteiger partial charge on any atom is 0.341 e. The van der Waals surface area contributed by atoms with E-state index in [0.717, 1.165) is 33.5 Å². The van der Waals surface area contributed by atoms with Gasteiger partial charge in [-0.05, 0) is 42.9 Å². The fraction of sp³-hybridized carbons (Fsp3) is 0.360. The molecule has 1 N–H and O–H groups in total. The topological polar surface area (TPSA) is 124 Å². The highest BCUT2D eigenvalue weighted by atomic mass is 32.2. The number of amides is 2. The number of benzene rings is 1. The zero-order valence-electron chi connectivity index (χ0n) is 20.5. The highest BCUT2D eigenvalue weighted by Gasteiger charge is 2.30. The Labute approximate surface area is 222 Å². The molecule has 1 aromatic carbocycles. The molecule has 0 radical (unpaired) electrons. The Morgan fingerprint density at radius 1 is 1.24 bits per heavy atom. The van der Waals surface area contributed by atoms with Gasteiger partial charge in [0.1, 0.15) is 16.5 Å². The van der Waals surface area contributed by atoms with Gasteiger partial charge in [-0.25, -0.2) is 13.2 Å². The van der Waals surface area contributed by atoms with Gasteiger partial charge >= 0.3 is 5.97 Å². The standard InChI is InChI=1S/C25H27N3O6S3/c1-4-11-28-17-7-5-6-8-18(17)36-25(28)27-21(30)14-37(32,33)13-20(29)26-23-22(24(31)34-3)16-10-9-15(2)12-19(16)35-23/h4-8,15H,1,9-14H2,2-3H3,(H,26,29). The Hall–Kier alpha value is -3.09. The normalized spacial score (nSPS) is 15.8. The number of anilines is 1. The molecule has 196 valence electrons. The number of hydrogen-bond donors (Lipinski definition) is 1. The quantitative estimate of drug-likeness (QED) is 0.332. The van der Waals surface area contributed by atoms with E-state index in [2.05, 4.69) is 23.8 Å². The summed E-state index contributed by atoms with van der Waals surface area (Å²) in [6, 6.07) is 7.49. The number of carbonyl (C=O) groups is 3. The molecule has 3 aromatic rings. The largest absolute Gasteiger partial charge is 0.465 e. The summed E-state index contributed by atoms with van der Waals surface area (Å²) in [6.45, 7) is 6.24. The minimum atomic E-state index is -4.12. The molecule has 0 saturated heterocycles. The van der Waals surface area contributed by atoms with Crippen molar-refractivity contribution < 1.29 is 27.5 Å². The number of rotatable bonds is 8. The van der Waals surface area contributed by atoms with Crippen LogP contribution in [-0.2, 0) is 43.5 Å². The van der Waals surface area contributed by atoms with Crippen molar-refractivity contribution in [2.24, 2.45) is 10.9 Å². The van der Waals surface area contributed by atoms with E-state index < -0.39 is 39.1 Å². The number of ether oxygens (including phenoxy) is 1. The van der Waals surface area contributed by atoms with Crippen molar-refractivity contribution in [3.8, 4) is 0 Å². The highest BCUT2D eigenvalue weighted by Crippen LogP contribution is 2.40. The van der Waals surface area contributed by atoms with Crippen molar-refractivity contribution in [2.45, 2.75) is 32.7 Å². The number of sulfone groups is 1. The number of carbonyl (C=O) groups excluding carboxylic acids is 3. The van der Waals surface area contributed by atoms with Crippen molar-refractivity contribution in [3.63, 3.8) is 0 Å². The summed E-state index contributed by atoms with van der Waals surface area (Å²) in [5, 5.41) is 2.84. The second-order valence-electron chi connectivity index (χ2n) is 8.89. The molecular weight excluding hydrogens is 534 g/mol. The number of allylic oxidation sites excluding steroid dienone is 1. The lowest BCUT2D eigenvalue weighted by Gasteiger charge is -2.18. The number of aromatic nitrogens is 1. The number of para-hydroxylation sites is 1. The first-order chi connectivity index (χ1) is 17.6. The average molecular weight is 562 g/mol. The molecular formula is C25H27N3O6S3. The van der Waals surface area contributed by atoms with Crippen LogP contribution in [-0.4, -0.2) is 49.4 Å². The van der Waals surface area contributed by atoms with Crippen LogP contribution in [0.1, 0.15) is 34.1 Å². The molecule has 9 nitrogen and oxygen atoms in total. The summed E-state index contributed by atoms with van der Waals surface area (Å²) in [5.74, 6) is -3.64. The Morgan fingerprint density at radius 3 is 2.73 bits per heavy atom. The number of methoxy groups -OCH3 is 1. The van der Waals surface area contributed by atoms with Crippen LogP contribution in [0.3, 0.4) is 0 Å². The molecule has 12 heteroatoms. The van der Waals surface area contributed by atoms with Crippen LogP contribution in [0.2, 0.25) is 0 Å². The molecule has 4 rings (SSSR count). The van der Waals surface area contributed by atoms with Crippen molar-refractivity contribution in [3.05, 3.63) is 57.7 Å². The fourth-order valence-corrected chi connectivity index (χ4v) is 7.80. The summed E-state index contributed by atoms with van der Waals surface area (Å²) in [5.41, 5.74) is 1.98. The smallest absolute Gasteiger partial charge is 0.341 e. The molecule has 37 heavy (non-hydrogen) atoms. The number of fused-ring (bicyclic) bond motifs is 2. The molecule has 1 aliphatic carbocycles. The van der Waals surface area contributed by atoms with Crippen molar-refractivity contribution in [1.82, 2.24) is 4.57 Å². The van der Waals surface area contributed by atoms with E-state index in [4.69, 9.17) is 4.74 Å². The summed E-state index contributed by atoms with van der Waals surface area (Å²) in [4.78, 5) is 43.0. The summed E-state index contributed by atoms with van der Waals surface area (Å²) >= 11 is 2.53. The third kappa shape index (κ3) is 6.08. The number of esters is 1. The number of thiazole rings is 1. The molecule has 2 aromatic heterocycles. The van der Waals surface area contributed by atoms with Gasteiger partial charge in [-0.2, -0.15) is 4.99 Å². The third-order valence-corrected chi connectivity index (χ3v) is 9.59. The van der Waals surface area contributed by atoms with Gasteiger partial charge in [-0.1, -0.05) is 36.5 Å². The van der Waals surface area contributed by atoms with Crippen LogP contribution in [0.5, 0.6) is 0 Å². The van der Waals surface area contributed by atoms with Gasteiger partial charge in [0.05, 0.1) is 22.9 Å². The van der Waals surface area contributed by atoms with Crippen LogP contribution < -0.4 is 10.1 Å². The first-order valence-corrected chi connectivity index (χ1v) is 15.1. The lowest BCUT2D eigenvalue weighted by molar-refractivity contribution is -0.115. The van der Waals surface area contributed by atoms with E-state index in [1.807, 2.05) is 24.3 Å². The number of hydrogen-bond acceptors (Lipinski definition) is 8. The predicted molar refractivity (Wildman–Crippen MR) is 145 cm³/mol. The van der Waals surface area contributed by atoms with E-state index in [1.165, 1.54) is 29.8 Å². The summed E-state index contributed by atoms with van der Waals surface area (Å²) in [6.07, 6.45) is 4.03. The molecule has 0 bridgehead atoms. The molecule has 0 spiro atoms. The van der Waals surface area contributed by atoms with Gasteiger partial charge in [0.25, 0.3) is 5.91 Å². The number of thiophene rings is 1. The molecule has 0 fully saturated rings. The maximum atomic E-state index is 12.7. The lowest BCUT2D eigenvalue weighted by Crippen LogP contribution is -2.28. The number of nitrogens with zero attached hydrogens (tertiary/aromatic N) is 2. The van der Waals surface area contributed by atoms with E-state index in [0.29, 0.717) is 23.7 Å². The molecule has 2 amide bonds. The Kier molecular flexibility index (Phi) is 8.10. The summed E-state index contributed by atoms with van der Waals surface area (Å²) < 4.78 is 32.9. The van der Waals surface area contributed by atoms with Gasteiger partial charge in [-0.3, -0.25) is 9.59 Å². The molecule has 1 unspecified atom stereocenters. The molecule has 1 atom stereocenters. The van der Waals surface area contributed by atoms with Crippen molar-refractivity contribution in [2.75, 3.05) is 23.9 Å². The fourth-order valence-electron chi connectivity index (χ4n) is 4.31. The van der Waals surface area contributed by atoms with E-state index in [1.54, 1.807) is 10.6 Å². The van der Waals surface area contributed by atoms with Gasteiger partial charge in [0.2, 0.25) is 5.91 Å². The average Bonchev–Trinajstić information content (AvgIpc) is 3.34. The Bertz CT molecular complexity index is 1560. The van der Waals surface area contributed by atoms with E-state index in [9.17, 15) is 22.8 Å². The van der Waals surface area contributed by atoms with Gasteiger partial charge in [0, 0.05) is 11.4 Å². The van der Waals surface area contributed by atoms with Gasteiger partial charge < -0.3 is 14.6 Å². The zero-order chi connectivity index (χ0) is 26.7. The van der Waals surface area contributed by atoms with E-state index >= 15 is 0 Å². The molecule has 2 heterocycles. The Morgan fingerprint density at radius 2 is 2.00 bits per heavy atom. The van der Waals surface area contributed by atoms with Crippen LogP contribution in [0.25, 0.3) is 10.2 Å². The number of nitrogens with one attached hydrogen (secondary N) is 1. The monoisotopic (exact) mass is 561 g/mol. The van der Waals surface area contributed by atoms with Crippen LogP contribution in [0.4, 0.5) is 5.00 Å². The van der Waals surface area contributed by atoms with Crippen molar-refractivity contribution in [1.29, 1.82) is 0 Å². The maximum absolute atomic E-state index is 12.7. The lowest BCUT2D eigenvalue weighted by atomic mass is 9.88. The molecule has 0 aliphatic heterocycles. The van der Waals surface area contributed by atoms with Gasteiger partial charge in [-0.15, -0.1) is 17.9 Å². The third-order valence-electron chi connectivity index (χ3n) is 5.97. The highest BCUT2D eigenvalue weighted by molar-refractivity contribution is 7.92. The van der Waals surface area contributed by atoms with Crippen LogP contribution >= 0.6 is 22.7 Å². The minimum Gasteiger partial charge on any atom is -0.465 e. The predicted octanol–water partition coefficient (Wildman–Crippen LogP) is 3.34. The first kappa shape index (κ1) is 27.0. The first-order valence-electron chi connectivity index (χ1n) is 11.6. The van der Waals surface area contributed by atoms with Gasteiger partial charge in [0.15, 0.2) is 14.6 Å². The Balaban J connectivity index is 1.50. The molecule has 1 aliphatic rings. The van der Waals surface area contributed by atoms with Crippen LogP contribution in [0, 0.1) is 5.92 Å².